The first-order valence-electron chi connectivity index (χ1n) is 15.5. The van der Waals surface area contributed by atoms with Crippen molar-refractivity contribution in [3.05, 3.63) is 97.1 Å². The zero-order valence-corrected chi connectivity index (χ0v) is 26.5. The van der Waals surface area contributed by atoms with Gasteiger partial charge >= 0.3 is 0 Å². The van der Waals surface area contributed by atoms with Crippen LogP contribution in [0.5, 0.6) is 17.2 Å². The maximum Gasteiger partial charge on any atom is 0.247 e. The number of likely N-dealkylation sites (N-methyl/N-ethyl adjacent to an activating group) is 1. The Morgan fingerprint density at radius 3 is 2.60 bits per heavy atom. The van der Waals surface area contributed by atoms with Gasteiger partial charge in [-0.25, -0.2) is 19.4 Å². The SMILES string of the molecule is C=CC(=O)Nc1cc(Nc2cc(N3OCC[C@@H]3Cc3cccc(Oc4cccc(F)c4)c3)ncn2)c(OC)cc1N1CCN(C)CC1. The lowest BCUT2D eigenvalue weighted by molar-refractivity contribution is -0.111. The Kier molecular flexibility index (Phi) is 9.79. The van der Waals surface area contributed by atoms with Gasteiger partial charge in [-0.3, -0.25) is 9.63 Å². The Morgan fingerprint density at radius 1 is 1.04 bits per heavy atom. The number of hydrogen-bond donors (Lipinski definition) is 2. The second-order valence-corrected chi connectivity index (χ2v) is 11.5. The number of ether oxygens (including phenoxy) is 2. The first kappa shape index (κ1) is 31.8. The second-order valence-electron chi connectivity index (χ2n) is 11.5. The van der Waals surface area contributed by atoms with Crippen LogP contribution in [-0.4, -0.2) is 73.8 Å². The molecule has 0 saturated carbocycles. The summed E-state index contributed by atoms with van der Waals surface area (Å²) in [6.45, 7) is 7.62. The highest BCUT2D eigenvalue weighted by molar-refractivity contribution is 6.02. The fourth-order valence-corrected chi connectivity index (χ4v) is 5.72. The van der Waals surface area contributed by atoms with E-state index in [1.54, 1.807) is 19.2 Å². The molecule has 0 radical (unpaired) electrons. The molecule has 3 heterocycles. The normalized spacial score (nSPS) is 16.5. The van der Waals surface area contributed by atoms with Gasteiger partial charge in [-0.05, 0) is 61.9 Å². The van der Waals surface area contributed by atoms with Crippen LogP contribution in [0.1, 0.15) is 12.0 Å². The largest absolute Gasteiger partial charge is 0.494 e. The monoisotopic (exact) mass is 639 g/mol. The number of hydrogen-bond acceptors (Lipinski definition) is 10. The van der Waals surface area contributed by atoms with Crippen molar-refractivity contribution in [2.75, 3.05) is 67.5 Å². The Hall–Kier alpha value is -5.20. The number of carbonyl (C=O) groups is 1. The fraction of sp³-hybridized carbons (Fsp3) is 0.286. The molecular formula is C35H38FN7O4. The molecular weight excluding hydrogens is 601 g/mol. The quantitative estimate of drug-likeness (QED) is 0.196. The van der Waals surface area contributed by atoms with Gasteiger partial charge in [0.2, 0.25) is 5.91 Å². The van der Waals surface area contributed by atoms with Gasteiger partial charge in [0.05, 0.1) is 36.8 Å². The molecule has 2 fully saturated rings. The Labute approximate surface area is 273 Å². The van der Waals surface area contributed by atoms with Gasteiger partial charge in [-0.15, -0.1) is 0 Å². The summed E-state index contributed by atoms with van der Waals surface area (Å²) in [4.78, 5) is 31.9. The molecule has 2 N–H and O–H groups in total. The Bertz CT molecular complexity index is 1730. The number of halogens is 1. The number of nitrogens with zero attached hydrogens (tertiary/aromatic N) is 5. The standard InChI is InChI=1S/C35H38FN7O4/c1-4-35(44)40-29-20-30(32(45-3)21-31(29)42-14-12-41(2)13-15-42)39-33-22-34(38-23-37-33)43-26(11-16-46-43)17-24-7-5-9-27(18-24)47-28-10-6-8-25(36)19-28/h4-10,18-23,26H,1,11-17H2,2-3H3,(H,40,44)(H,37,38,39)/t26-/m1/s1. The van der Waals surface area contributed by atoms with Crippen LogP contribution < -0.4 is 30.1 Å². The molecule has 2 aliphatic rings. The van der Waals surface area contributed by atoms with Gasteiger partial charge in [0, 0.05) is 44.4 Å². The summed E-state index contributed by atoms with van der Waals surface area (Å²) in [5, 5.41) is 8.12. The van der Waals surface area contributed by atoms with Crippen LogP contribution in [0.3, 0.4) is 0 Å². The van der Waals surface area contributed by atoms with Crippen LogP contribution in [-0.2, 0) is 16.1 Å². The number of carbonyl (C=O) groups excluding carboxylic acids is 1. The number of nitrogens with one attached hydrogen (secondary N) is 2. The molecule has 0 unspecified atom stereocenters. The van der Waals surface area contributed by atoms with Gasteiger partial charge in [0.15, 0.2) is 5.82 Å². The summed E-state index contributed by atoms with van der Waals surface area (Å²) in [5.41, 5.74) is 3.19. The molecule has 12 heteroatoms. The van der Waals surface area contributed by atoms with Crippen molar-refractivity contribution in [1.82, 2.24) is 14.9 Å². The predicted octanol–water partition coefficient (Wildman–Crippen LogP) is 5.79. The molecule has 2 aliphatic heterocycles. The summed E-state index contributed by atoms with van der Waals surface area (Å²) in [6, 6.07) is 19.4. The van der Waals surface area contributed by atoms with Gasteiger partial charge in [-0.2, -0.15) is 0 Å². The van der Waals surface area contributed by atoms with Gasteiger partial charge < -0.3 is 29.9 Å². The minimum atomic E-state index is -0.350. The highest BCUT2D eigenvalue weighted by Gasteiger charge is 2.28. The summed E-state index contributed by atoms with van der Waals surface area (Å²) in [5.74, 6) is 2.15. The topological polar surface area (TPSA) is 104 Å². The molecule has 1 atom stereocenters. The van der Waals surface area contributed by atoms with Gasteiger partial charge in [-0.1, -0.05) is 24.8 Å². The molecule has 6 rings (SSSR count). The lowest BCUT2D eigenvalue weighted by atomic mass is 10.0. The summed E-state index contributed by atoms with van der Waals surface area (Å²) >= 11 is 0. The lowest BCUT2D eigenvalue weighted by Crippen LogP contribution is -2.44. The number of aromatic nitrogens is 2. The molecule has 4 aromatic rings. The minimum Gasteiger partial charge on any atom is -0.494 e. The minimum absolute atomic E-state index is 0.0142. The van der Waals surface area contributed by atoms with E-state index in [0.29, 0.717) is 53.3 Å². The lowest BCUT2D eigenvalue weighted by Gasteiger charge is -2.35. The van der Waals surface area contributed by atoms with Crippen LogP contribution in [0.4, 0.5) is 33.1 Å². The fourth-order valence-electron chi connectivity index (χ4n) is 5.72. The molecule has 0 spiro atoms. The third kappa shape index (κ3) is 7.79. The average Bonchev–Trinajstić information content (AvgIpc) is 3.54. The molecule has 244 valence electrons. The number of rotatable bonds is 11. The van der Waals surface area contributed by atoms with Crippen molar-refractivity contribution in [2.24, 2.45) is 0 Å². The van der Waals surface area contributed by atoms with Crippen molar-refractivity contribution in [1.29, 1.82) is 0 Å². The van der Waals surface area contributed by atoms with E-state index < -0.39 is 0 Å². The molecule has 2 saturated heterocycles. The maximum atomic E-state index is 13.6. The van der Waals surface area contributed by atoms with Crippen molar-refractivity contribution in [3.8, 4) is 17.2 Å². The highest BCUT2D eigenvalue weighted by atomic mass is 19.1. The first-order valence-corrected chi connectivity index (χ1v) is 15.5. The van der Waals surface area contributed by atoms with E-state index in [4.69, 9.17) is 14.3 Å². The zero-order valence-electron chi connectivity index (χ0n) is 26.5. The summed E-state index contributed by atoms with van der Waals surface area (Å²) in [6.07, 6.45) is 4.22. The number of amides is 1. The number of piperazine rings is 1. The average molecular weight is 640 g/mol. The Morgan fingerprint density at radius 2 is 1.83 bits per heavy atom. The third-order valence-electron chi connectivity index (χ3n) is 8.16. The van der Waals surface area contributed by atoms with E-state index in [1.807, 2.05) is 47.5 Å². The van der Waals surface area contributed by atoms with Crippen molar-refractivity contribution in [3.63, 3.8) is 0 Å². The van der Waals surface area contributed by atoms with Crippen molar-refractivity contribution in [2.45, 2.75) is 18.9 Å². The molecule has 3 aromatic carbocycles. The second kappa shape index (κ2) is 14.5. The van der Waals surface area contributed by atoms with E-state index in [1.165, 1.54) is 24.5 Å². The molecule has 1 aromatic heterocycles. The van der Waals surface area contributed by atoms with E-state index in [2.05, 4.69) is 44.0 Å². The van der Waals surface area contributed by atoms with Crippen molar-refractivity contribution >= 4 is 34.6 Å². The van der Waals surface area contributed by atoms with E-state index in [-0.39, 0.29) is 17.8 Å². The van der Waals surface area contributed by atoms with Crippen LogP contribution in [0.2, 0.25) is 0 Å². The van der Waals surface area contributed by atoms with Gasteiger partial charge in [0.25, 0.3) is 0 Å². The summed E-state index contributed by atoms with van der Waals surface area (Å²) in [7, 11) is 3.71. The number of methoxy groups -OCH3 is 1. The molecule has 0 aliphatic carbocycles. The first-order chi connectivity index (χ1) is 22.9. The highest BCUT2D eigenvalue weighted by Crippen LogP contribution is 2.39. The number of benzene rings is 3. The predicted molar refractivity (Wildman–Crippen MR) is 180 cm³/mol. The van der Waals surface area contributed by atoms with E-state index in [9.17, 15) is 9.18 Å². The van der Waals surface area contributed by atoms with Crippen LogP contribution in [0.25, 0.3) is 0 Å². The molecule has 11 nitrogen and oxygen atoms in total. The molecule has 0 bridgehead atoms. The third-order valence-corrected chi connectivity index (χ3v) is 8.16. The molecule has 1 amide bonds. The molecule has 47 heavy (non-hydrogen) atoms. The maximum absolute atomic E-state index is 13.6. The van der Waals surface area contributed by atoms with E-state index in [0.717, 1.165) is 43.9 Å². The zero-order chi connectivity index (χ0) is 32.8. The van der Waals surface area contributed by atoms with Crippen LogP contribution >= 0.6 is 0 Å². The number of hydroxylamine groups is 1. The van der Waals surface area contributed by atoms with Crippen molar-refractivity contribution < 1.29 is 23.5 Å². The van der Waals surface area contributed by atoms with Gasteiger partial charge in [0.1, 0.15) is 35.2 Å². The smallest absolute Gasteiger partial charge is 0.247 e. The van der Waals surface area contributed by atoms with Crippen LogP contribution in [0, 0.1) is 5.82 Å². The van der Waals surface area contributed by atoms with E-state index >= 15 is 0 Å². The Balaban J connectivity index is 1.20. The van der Waals surface area contributed by atoms with Crippen LogP contribution in [0.15, 0.2) is 85.7 Å². The summed E-state index contributed by atoms with van der Waals surface area (Å²) < 4.78 is 25.3. The number of anilines is 5.